The summed E-state index contributed by atoms with van der Waals surface area (Å²) in [6.45, 7) is 1.56. The van der Waals surface area contributed by atoms with E-state index in [2.05, 4.69) is 36.6 Å². The van der Waals surface area contributed by atoms with Crippen LogP contribution in [0.2, 0.25) is 0 Å². The van der Waals surface area contributed by atoms with Gasteiger partial charge in [0.25, 0.3) is 0 Å². The van der Waals surface area contributed by atoms with E-state index in [1.54, 1.807) is 19.1 Å². The molecule has 0 aliphatic rings. The standard InChI is InChI=1S/C11H13Br2NO4S/c1-2-7(11(15)16)6-14-19(17,18)10-5-8(12)3-4-9(10)13/h3-5,7,14H,2,6H2,1H3,(H,15,16). The summed E-state index contributed by atoms with van der Waals surface area (Å²) in [6.07, 6.45) is 0.359. The first-order valence-electron chi connectivity index (χ1n) is 5.45. The molecule has 8 heteroatoms. The van der Waals surface area contributed by atoms with Crippen LogP contribution in [0.3, 0.4) is 0 Å². The Morgan fingerprint density at radius 3 is 2.58 bits per heavy atom. The van der Waals surface area contributed by atoms with Crippen LogP contribution in [0.15, 0.2) is 32.0 Å². The van der Waals surface area contributed by atoms with Gasteiger partial charge in [-0.05, 0) is 40.5 Å². The molecule has 0 saturated carbocycles. The molecule has 1 rings (SSSR count). The fourth-order valence-electron chi connectivity index (χ4n) is 1.38. The van der Waals surface area contributed by atoms with Crippen molar-refractivity contribution in [2.24, 2.45) is 5.92 Å². The van der Waals surface area contributed by atoms with Gasteiger partial charge >= 0.3 is 5.97 Å². The SMILES string of the molecule is CCC(CNS(=O)(=O)c1cc(Br)ccc1Br)C(=O)O. The highest BCUT2D eigenvalue weighted by Crippen LogP contribution is 2.25. The third kappa shape index (κ3) is 4.55. The van der Waals surface area contributed by atoms with Gasteiger partial charge in [0.2, 0.25) is 10.0 Å². The Hall–Kier alpha value is -0.440. The zero-order valence-electron chi connectivity index (χ0n) is 10.1. The number of carboxylic acid groups (broad SMARTS) is 1. The van der Waals surface area contributed by atoms with Crippen molar-refractivity contribution >= 4 is 47.9 Å². The predicted molar refractivity (Wildman–Crippen MR) is 78.4 cm³/mol. The Bertz CT molecular complexity index is 574. The Morgan fingerprint density at radius 1 is 1.42 bits per heavy atom. The van der Waals surface area contributed by atoms with E-state index in [1.165, 1.54) is 6.07 Å². The molecule has 5 nitrogen and oxygen atoms in total. The maximum Gasteiger partial charge on any atom is 0.307 e. The van der Waals surface area contributed by atoms with E-state index in [9.17, 15) is 13.2 Å². The average Bonchev–Trinajstić information content (AvgIpc) is 2.32. The van der Waals surface area contributed by atoms with E-state index >= 15 is 0 Å². The second kappa shape index (κ2) is 6.83. The van der Waals surface area contributed by atoms with Gasteiger partial charge in [0.15, 0.2) is 0 Å². The number of rotatable bonds is 6. The minimum atomic E-state index is -3.74. The predicted octanol–water partition coefficient (Wildman–Crippen LogP) is 2.60. The zero-order valence-corrected chi connectivity index (χ0v) is 14.0. The molecule has 0 heterocycles. The molecule has 0 aliphatic heterocycles. The number of carboxylic acids is 1. The molecular weight excluding hydrogens is 402 g/mol. The average molecular weight is 415 g/mol. The summed E-state index contributed by atoms with van der Waals surface area (Å²) >= 11 is 6.36. The van der Waals surface area contributed by atoms with Gasteiger partial charge < -0.3 is 5.11 Å². The summed E-state index contributed by atoms with van der Waals surface area (Å²) in [5, 5.41) is 8.89. The van der Waals surface area contributed by atoms with Crippen LogP contribution in [0.25, 0.3) is 0 Å². The van der Waals surface area contributed by atoms with E-state index in [0.29, 0.717) is 15.4 Å². The second-order valence-corrected chi connectivity index (χ2v) is 7.38. The van der Waals surface area contributed by atoms with Gasteiger partial charge in [-0.2, -0.15) is 0 Å². The zero-order chi connectivity index (χ0) is 14.6. The van der Waals surface area contributed by atoms with Gasteiger partial charge in [-0.1, -0.05) is 22.9 Å². The summed E-state index contributed by atoms with van der Waals surface area (Å²) < 4.78 is 27.6. The summed E-state index contributed by atoms with van der Waals surface area (Å²) in [5.41, 5.74) is 0. The first kappa shape index (κ1) is 16.6. The van der Waals surface area contributed by atoms with E-state index in [-0.39, 0.29) is 11.4 Å². The number of sulfonamides is 1. The Balaban J connectivity index is 2.93. The molecule has 1 aromatic rings. The van der Waals surface area contributed by atoms with Crippen molar-refractivity contribution < 1.29 is 18.3 Å². The second-order valence-electron chi connectivity index (χ2n) is 3.87. The lowest BCUT2D eigenvalue weighted by molar-refractivity contribution is -0.141. The molecule has 1 unspecified atom stereocenters. The number of hydrogen-bond donors (Lipinski definition) is 2. The molecule has 106 valence electrons. The molecular formula is C11H13Br2NO4S. The molecule has 0 bridgehead atoms. The van der Waals surface area contributed by atoms with E-state index in [1.807, 2.05) is 0 Å². The lowest BCUT2D eigenvalue weighted by Crippen LogP contribution is -2.32. The van der Waals surface area contributed by atoms with Crippen LogP contribution < -0.4 is 4.72 Å². The van der Waals surface area contributed by atoms with Gasteiger partial charge in [0.1, 0.15) is 0 Å². The number of halogens is 2. The molecule has 0 saturated heterocycles. The quantitative estimate of drug-likeness (QED) is 0.749. The molecule has 19 heavy (non-hydrogen) atoms. The van der Waals surface area contributed by atoms with Crippen molar-refractivity contribution in [2.45, 2.75) is 18.2 Å². The smallest absolute Gasteiger partial charge is 0.307 e. The van der Waals surface area contributed by atoms with Crippen LogP contribution in [-0.4, -0.2) is 26.0 Å². The summed E-state index contributed by atoms with van der Waals surface area (Å²) in [5.74, 6) is -1.75. The van der Waals surface area contributed by atoms with E-state index in [4.69, 9.17) is 5.11 Å². The van der Waals surface area contributed by atoms with Crippen LogP contribution in [0.4, 0.5) is 0 Å². The number of nitrogens with one attached hydrogen (secondary N) is 1. The summed E-state index contributed by atoms with van der Waals surface area (Å²) in [7, 11) is -3.74. The highest BCUT2D eigenvalue weighted by Gasteiger charge is 2.22. The monoisotopic (exact) mass is 413 g/mol. The topological polar surface area (TPSA) is 83.5 Å². The van der Waals surface area contributed by atoms with Crippen molar-refractivity contribution in [3.8, 4) is 0 Å². The molecule has 0 fully saturated rings. The molecule has 0 radical (unpaired) electrons. The van der Waals surface area contributed by atoms with Crippen molar-refractivity contribution in [2.75, 3.05) is 6.54 Å². The molecule has 0 spiro atoms. The van der Waals surface area contributed by atoms with Crippen molar-refractivity contribution in [3.05, 3.63) is 27.1 Å². The van der Waals surface area contributed by atoms with Gasteiger partial charge in [0.05, 0.1) is 10.8 Å². The summed E-state index contributed by atoms with van der Waals surface area (Å²) in [4.78, 5) is 10.9. The van der Waals surface area contributed by atoms with Gasteiger partial charge in [0, 0.05) is 15.5 Å². The van der Waals surface area contributed by atoms with Crippen LogP contribution in [0.1, 0.15) is 13.3 Å². The van der Waals surface area contributed by atoms with Crippen molar-refractivity contribution in [1.29, 1.82) is 0 Å². The highest BCUT2D eigenvalue weighted by atomic mass is 79.9. The molecule has 0 aromatic heterocycles. The fourth-order valence-corrected chi connectivity index (χ4v) is 3.96. The number of aliphatic carboxylic acids is 1. The molecule has 0 amide bonds. The maximum atomic E-state index is 12.1. The van der Waals surface area contributed by atoms with Gasteiger partial charge in [-0.15, -0.1) is 0 Å². The van der Waals surface area contributed by atoms with Gasteiger partial charge in [-0.3, -0.25) is 4.79 Å². The lowest BCUT2D eigenvalue weighted by Gasteiger charge is -2.12. The molecule has 2 N–H and O–H groups in total. The van der Waals surface area contributed by atoms with E-state index in [0.717, 1.165) is 0 Å². The minimum absolute atomic E-state index is 0.0714. The largest absolute Gasteiger partial charge is 0.481 e. The van der Waals surface area contributed by atoms with Crippen molar-refractivity contribution in [1.82, 2.24) is 4.72 Å². The Kier molecular flexibility index (Phi) is 5.97. The highest BCUT2D eigenvalue weighted by molar-refractivity contribution is 9.11. The van der Waals surface area contributed by atoms with Crippen LogP contribution >= 0.6 is 31.9 Å². The normalized spacial score (nSPS) is 13.2. The third-order valence-electron chi connectivity index (χ3n) is 2.54. The van der Waals surface area contributed by atoms with Crippen molar-refractivity contribution in [3.63, 3.8) is 0 Å². The first-order chi connectivity index (χ1) is 8.77. The first-order valence-corrected chi connectivity index (χ1v) is 8.52. The Morgan fingerprint density at radius 2 is 2.05 bits per heavy atom. The van der Waals surface area contributed by atoms with Crippen LogP contribution in [0.5, 0.6) is 0 Å². The minimum Gasteiger partial charge on any atom is -0.481 e. The maximum absolute atomic E-state index is 12.1. The molecule has 1 atom stereocenters. The lowest BCUT2D eigenvalue weighted by atomic mass is 10.1. The number of hydrogen-bond acceptors (Lipinski definition) is 3. The Labute approximate surface area is 128 Å². The third-order valence-corrected chi connectivity index (χ3v) is 5.46. The molecule has 0 aliphatic carbocycles. The van der Waals surface area contributed by atoms with Gasteiger partial charge in [-0.25, -0.2) is 13.1 Å². The van der Waals surface area contributed by atoms with Crippen LogP contribution in [-0.2, 0) is 14.8 Å². The number of benzene rings is 1. The fraction of sp³-hybridized carbons (Fsp3) is 0.364. The van der Waals surface area contributed by atoms with E-state index < -0.39 is 21.9 Å². The number of carbonyl (C=O) groups is 1. The van der Waals surface area contributed by atoms with Crippen LogP contribution in [0, 0.1) is 5.92 Å². The molecule has 1 aromatic carbocycles. The summed E-state index contributed by atoms with van der Waals surface area (Å²) in [6, 6.07) is 4.76.